The van der Waals surface area contributed by atoms with Gasteiger partial charge in [0.15, 0.2) is 0 Å². The average molecular weight is 497 g/mol. The van der Waals surface area contributed by atoms with Crippen LogP contribution in [-0.2, 0) is 13.1 Å². The van der Waals surface area contributed by atoms with Gasteiger partial charge in [-0.25, -0.2) is 4.98 Å². The number of ether oxygens (including phenoxy) is 2. The zero-order valence-electron chi connectivity index (χ0n) is 15.2. The van der Waals surface area contributed by atoms with Crippen LogP contribution in [0.4, 0.5) is 0 Å². The molecule has 0 radical (unpaired) electrons. The first-order valence-electron chi connectivity index (χ1n) is 8.18. The molecule has 0 unspecified atom stereocenters. The van der Waals surface area contributed by atoms with Crippen molar-refractivity contribution in [2.75, 3.05) is 21.3 Å². The van der Waals surface area contributed by atoms with Gasteiger partial charge < -0.3 is 14.5 Å². The molecule has 142 valence electrons. The monoisotopic (exact) mass is 495 g/mol. The Kier molecular flexibility index (Phi) is 6.18. The van der Waals surface area contributed by atoms with Crippen molar-refractivity contribution in [3.8, 4) is 11.5 Å². The Bertz CT molecular complexity index is 1040. The van der Waals surface area contributed by atoms with E-state index >= 15 is 0 Å². The first-order chi connectivity index (χ1) is 12.9. The molecule has 0 aliphatic rings. The highest BCUT2D eigenvalue weighted by molar-refractivity contribution is 9.11. The van der Waals surface area contributed by atoms with E-state index in [-0.39, 0.29) is 5.56 Å². The number of halogens is 2. The Balaban J connectivity index is 1.84. The fraction of sp³-hybridized carbons (Fsp3) is 0.263. The van der Waals surface area contributed by atoms with Crippen LogP contribution in [0.5, 0.6) is 11.5 Å². The molecule has 0 atom stereocenters. The Morgan fingerprint density at radius 3 is 2.59 bits per heavy atom. The number of H-pyrrole nitrogens is 1. The third kappa shape index (κ3) is 4.51. The maximum Gasteiger partial charge on any atom is 0.258 e. The number of aromatic nitrogens is 2. The maximum atomic E-state index is 12.4. The normalized spacial score (nSPS) is 11.2. The predicted octanol–water partition coefficient (Wildman–Crippen LogP) is 4.10. The minimum Gasteiger partial charge on any atom is -0.497 e. The highest BCUT2D eigenvalue weighted by Gasteiger charge is 2.12. The van der Waals surface area contributed by atoms with Gasteiger partial charge in [0.1, 0.15) is 17.3 Å². The SMILES string of the molecule is COc1ccc(CN(C)Cc2nc3c(Br)cc(Br)cc3c(=O)[nH]2)c(OC)c1. The van der Waals surface area contributed by atoms with Crippen molar-refractivity contribution >= 4 is 42.8 Å². The van der Waals surface area contributed by atoms with Crippen LogP contribution in [0.15, 0.2) is 44.1 Å². The smallest absolute Gasteiger partial charge is 0.258 e. The van der Waals surface area contributed by atoms with E-state index < -0.39 is 0 Å². The lowest BCUT2D eigenvalue weighted by Crippen LogP contribution is -2.22. The lowest BCUT2D eigenvalue weighted by atomic mass is 10.1. The van der Waals surface area contributed by atoms with Crippen LogP contribution in [0.2, 0.25) is 0 Å². The minimum absolute atomic E-state index is 0.160. The Labute approximate surface area is 173 Å². The second-order valence-corrected chi connectivity index (χ2v) is 7.92. The first-order valence-corrected chi connectivity index (χ1v) is 9.77. The Morgan fingerprint density at radius 2 is 1.89 bits per heavy atom. The van der Waals surface area contributed by atoms with Gasteiger partial charge in [-0.05, 0) is 41.2 Å². The molecule has 1 heterocycles. The largest absolute Gasteiger partial charge is 0.497 e. The van der Waals surface area contributed by atoms with Crippen molar-refractivity contribution in [2.45, 2.75) is 13.1 Å². The summed E-state index contributed by atoms with van der Waals surface area (Å²) in [5.74, 6) is 2.11. The van der Waals surface area contributed by atoms with Crippen LogP contribution in [0, 0.1) is 0 Å². The molecule has 27 heavy (non-hydrogen) atoms. The summed E-state index contributed by atoms with van der Waals surface area (Å²) in [6, 6.07) is 9.37. The van der Waals surface area contributed by atoms with Gasteiger partial charge in [0.2, 0.25) is 0 Å². The molecule has 2 aromatic carbocycles. The number of methoxy groups -OCH3 is 2. The van der Waals surface area contributed by atoms with E-state index in [1.807, 2.05) is 31.3 Å². The number of benzene rings is 2. The highest BCUT2D eigenvalue weighted by atomic mass is 79.9. The van der Waals surface area contributed by atoms with E-state index in [2.05, 4.69) is 46.7 Å². The van der Waals surface area contributed by atoms with Crippen LogP contribution in [0.25, 0.3) is 10.9 Å². The summed E-state index contributed by atoms with van der Waals surface area (Å²) in [7, 11) is 5.22. The van der Waals surface area contributed by atoms with Gasteiger partial charge in [-0.15, -0.1) is 0 Å². The minimum atomic E-state index is -0.160. The molecule has 8 heteroatoms. The number of rotatable bonds is 6. The van der Waals surface area contributed by atoms with E-state index in [4.69, 9.17) is 9.47 Å². The number of hydrogen-bond donors (Lipinski definition) is 1. The fourth-order valence-corrected chi connectivity index (χ4v) is 4.19. The number of nitrogens with one attached hydrogen (secondary N) is 1. The zero-order chi connectivity index (χ0) is 19.6. The second-order valence-electron chi connectivity index (χ2n) is 6.15. The van der Waals surface area contributed by atoms with Crippen LogP contribution >= 0.6 is 31.9 Å². The lowest BCUT2D eigenvalue weighted by molar-refractivity contribution is 0.302. The van der Waals surface area contributed by atoms with Crippen molar-refractivity contribution in [1.29, 1.82) is 0 Å². The van der Waals surface area contributed by atoms with Crippen molar-refractivity contribution in [3.05, 3.63) is 61.0 Å². The van der Waals surface area contributed by atoms with E-state index in [0.717, 1.165) is 26.0 Å². The molecule has 3 aromatic rings. The van der Waals surface area contributed by atoms with Crippen molar-refractivity contribution in [2.24, 2.45) is 0 Å². The van der Waals surface area contributed by atoms with Gasteiger partial charge in [-0.2, -0.15) is 0 Å². The Hall–Kier alpha value is -1.90. The number of fused-ring (bicyclic) bond motifs is 1. The molecule has 1 N–H and O–H groups in total. The molecule has 0 amide bonds. The summed E-state index contributed by atoms with van der Waals surface area (Å²) in [5.41, 5.74) is 1.51. The molecule has 3 rings (SSSR count). The summed E-state index contributed by atoms with van der Waals surface area (Å²) in [4.78, 5) is 22.0. The van der Waals surface area contributed by atoms with Gasteiger partial charge in [-0.1, -0.05) is 22.0 Å². The van der Waals surface area contributed by atoms with Gasteiger partial charge in [0.05, 0.1) is 31.7 Å². The Morgan fingerprint density at radius 1 is 1.11 bits per heavy atom. The average Bonchev–Trinajstić information content (AvgIpc) is 2.63. The number of aromatic amines is 1. The molecule has 0 saturated heterocycles. The van der Waals surface area contributed by atoms with E-state index in [1.165, 1.54) is 0 Å². The molecule has 1 aromatic heterocycles. The molecule has 0 saturated carbocycles. The molecular formula is C19H19Br2N3O3. The molecule has 6 nitrogen and oxygen atoms in total. The maximum absolute atomic E-state index is 12.4. The first kappa shape index (κ1) is 19.9. The summed E-state index contributed by atoms with van der Waals surface area (Å²) in [6.45, 7) is 1.12. The van der Waals surface area contributed by atoms with Gasteiger partial charge in [-0.3, -0.25) is 9.69 Å². The predicted molar refractivity (Wildman–Crippen MR) is 112 cm³/mol. The summed E-state index contributed by atoms with van der Waals surface area (Å²) < 4.78 is 12.3. The van der Waals surface area contributed by atoms with Gasteiger partial charge >= 0.3 is 0 Å². The molecule has 0 fully saturated rings. The second kappa shape index (κ2) is 8.41. The quantitative estimate of drug-likeness (QED) is 0.556. The van der Waals surface area contributed by atoms with E-state index in [9.17, 15) is 4.79 Å². The number of hydrogen-bond acceptors (Lipinski definition) is 5. The van der Waals surface area contributed by atoms with Crippen LogP contribution in [0.1, 0.15) is 11.4 Å². The summed E-state index contributed by atoms with van der Waals surface area (Å²) in [6.07, 6.45) is 0. The van der Waals surface area contributed by atoms with Crippen LogP contribution in [0.3, 0.4) is 0 Å². The molecule has 0 aliphatic heterocycles. The van der Waals surface area contributed by atoms with Gasteiger partial charge in [0, 0.05) is 27.1 Å². The molecule has 0 spiro atoms. The van der Waals surface area contributed by atoms with Crippen molar-refractivity contribution in [1.82, 2.24) is 14.9 Å². The zero-order valence-corrected chi connectivity index (χ0v) is 18.3. The topological polar surface area (TPSA) is 67.5 Å². The molecule has 0 aliphatic carbocycles. The highest BCUT2D eigenvalue weighted by Crippen LogP contribution is 2.27. The van der Waals surface area contributed by atoms with Crippen LogP contribution < -0.4 is 15.0 Å². The van der Waals surface area contributed by atoms with Crippen molar-refractivity contribution in [3.63, 3.8) is 0 Å². The van der Waals surface area contributed by atoms with E-state index in [0.29, 0.717) is 29.8 Å². The fourth-order valence-electron chi connectivity index (χ4n) is 2.87. The summed E-state index contributed by atoms with van der Waals surface area (Å²) in [5, 5.41) is 0.541. The third-order valence-corrected chi connectivity index (χ3v) is 5.19. The van der Waals surface area contributed by atoms with Crippen LogP contribution in [-0.4, -0.2) is 36.1 Å². The van der Waals surface area contributed by atoms with Gasteiger partial charge in [0.25, 0.3) is 5.56 Å². The van der Waals surface area contributed by atoms with E-state index in [1.54, 1.807) is 20.3 Å². The lowest BCUT2D eigenvalue weighted by Gasteiger charge is -2.18. The third-order valence-electron chi connectivity index (χ3n) is 4.13. The number of nitrogens with zero attached hydrogens (tertiary/aromatic N) is 2. The summed E-state index contributed by atoms with van der Waals surface area (Å²) >= 11 is 6.88. The molecular weight excluding hydrogens is 478 g/mol. The van der Waals surface area contributed by atoms with Crippen molar-refractivity contribution < 1.29 is 9.47 Å². The standard InChI is InChI=1S/C19H19Br2N3O3/c1-24(9-11-4-5-13(26-2)8-16(11)27-3)10-17-22-18-14(19(25)23-17)6-12(20)7-15(18)21/h4-8H,9-10H2,1-3H3,(H,22,23,25). The molecule has 0 bridgehead atoms.